The Hall–Kier alpha value is -0.880. The quantitative estimate of drug-likeness (QED) is 0.780. The van der Waals surface area contributed by atoms with Crippen molar-refractivity contribution in [2.45, 2.75) is 34.1 Å². The summed E-state index contributed by atoms with van der Waals surface area (Å²) in [5.41, 5.74) is 1.23. The van der Waals surface area contributed by atoms with E-state index >= 15 is 0 Å². The lowest BCUT2D eigenvalue weighted by molar-refractivity contribution is -0.123. The predicted octanol–water partition coefficient (Wildman–Crippen LogP) is 1.38. The second kappa shape index (κ2) is 5.72. The first kappa shape index (κ1) is 16.5. The maximum atomic E-state index is 12.2. The molecule has 2 rings (SSSR count). The number of hydrogen-bond acceptors (Lipinski definition) is 3. The van der Waals surface area contributed by atoms with Crippen LogP contribution in [-0.2, 0) is 14.8 Å². The molecule has 21 heavy (non-hydrogen) atoms. The molecular formula is C15H26N2O3S. The first-order chi connectivity index (χ1) is 9.66. The molecular weight excluding hydrogens is 288 g/mol. The average molecular weight is 314 g/mol. The van der Waals surface area contributed by atoms with E-state index in [1.165, 1.54) is 9.88 Å². The molecule has 0 aromatic carbocycles. The molecule has 5 nitrogen and oxygen atoms in total. The molecule has 1 saturated carbocycles. The highest BCUT2D eigenvalue weighted by atomic mass is 32.2. The summed E-state index contributed by atoms with van der Waals surface area (Å²) in [7, 11) is -3.07. The van der Waals surface area contributed by atoms with Gasteiger partial charge in [0.2, 0.25) is 15.9 Å². The van der Waals surface area contributed by atoms with Crippen LogP contribution in [0.2, 0.25) is 0 Å². The largest absolute Gasteiger partial charge is 0.355 e. The number of rotatable bonds is 5. The minimum absolute atomic E-state index is 0.00107. The van der Waals surface area contributed by atoms with Crippen LogP contribution in [0, 0.1) is 17.3 Å². The summed E-state index contributed by atoms with van der Waals surface area (Å²) in [6.45, 7) is 9.65. The van der Waals surface area contributed by atoms with Crippen molar-refractivity contribution < 1.29 is 13.2 Å². The molecule has 2 atom stereocenters. The molecule has 2 aliphatic rings. The normalized spacial score (nSPS) is 29.9. The standard InChI is InChI=1S/C15H26N2O3S/c1-11(2)10-12-13(15(12,3)4)14(18)16-6-8-17-7-5-9-21(17,19)20/h10,12-13H,5-9H2,1-4H3,(H,16,18). The highest BCUT2D eigenvalue weighted by molar-refractivity contribution is 7.89. The van der Waals surface area contributed by atoms with Gasteiger partial charge in [-0.1, -0.05) is 25.5 Å². The van der Waals surface area contributed by atoms with Crippen molar-refractivity contribution in [2.75, 3.05) is 25.4 Å². The van der Waals surface area contributed by atoms with Gasteiger partial charge < -0.3 is 5.32 Å². The van der Waals surface area contributed by atoms with E-state index in [-0.39, 0.29) is 28.9 Å². The Bertz CT molecular complexity index is 547. The summed E-state index contributed by atoms with van der Waals surface area (Å²) in [4.78, 5) is 12.2. The van der Waals surface area contributed by atoms with Crippen molar-refractivity contribution in [1.82, 2.24) is 9.62 Å². The van der Waals surface area contributed by atoms with E-state index in [2.05, 4.69) is 25.2 Å². The lowest BCUT2D eigenvalue weighted by Gasteiger charge is -2.14. The van der Waals surface area contributed by atoms with Crippen LogP contribution in [0.15, 0.2) is 11.6 Å². The summed E-state index contributed by atoms with van der Waals surface area (Å²) >= 11 is 0. The van der Waals surface area contributed by atoms with Crippen LogP contribution in [0.1, 0.15) is 34.1 Å². The molecule has 1 aliphatic heterocycles. The van der Waals surface area contributed by atoms with Gasteiger partial charge in [0.25, 0.3) is 0 Å². The molecule has 6 heteroatoms. The number of nitrogens with zero attached hydrogens (tertiary/aromatic N) is 1. The van der Waals surface area contributed by atoms with Gasteiger partial charge in [-0.3, -0.25) is 4.79 Å². The van der Waals surface area contributed by atoms with Crippen molar-refractivity contribution in [2.24, 2.45) is 17.3 Å². The van der Waals surface area contributed by atoms with Crippen LogP contribution < -0.4 is 5.32 Å². The van der Waals surface area contributed by atoms with Gasteiger partial charge in [-0.05, 0) is 31.6 Å². The highest BCUT2D eigenvalue weighted by Crippen LogP contribution is 2.59. The molecule has 2 unspecified atom stereocenters. The molecule has 1 N–H and O–H groups in total. The molecule has 120 valence electrons. The molecule has 2 fully saturated rings. The Balaban J connectivity index is 1.82. The molecule has 0 bridgehead atoms. The smallest absolute Gasteiger partial charge is 0.224 e. The van der Waals surface area contributed by atoms with E-state index in [0.717, 1.165) is 0 Å². The van der Waals surface area contributed by atoms with E-state index < -0.39 is 10.0 Å². The summed E-state index contributed by atoms with van der Waals surface area (Å²) < 4.78 is 24.8. The Labute approximate surface area is 127 Å². The zero-order valence-electron chi connectivity index (χ0n) is 13.3. The summed E-state index contributed by atoms with van der Waals surface area (Å²) in [5, 5.41) is 2.89. The van der Waals surface area contributed by atoms with E-state index in [9.17, 15) is 13.2 Å². The third-order valence-corrected chi connectivity index (χ3v) is 6.53. The second-order valence-electron chi connectivity index (χ2n) is 6.93. The van der Waals surface area contributed by atoms with Crippen molar-refractivity contribution in [3.63, 3.8) is 0 Å². The van der Waals surface area contributed by atoms with Gasteiger partial charge in [-0.2, -0.15) is 0 Å². The van der Waals surface area contributed by atoms with Crippen molar-refractivity contribution in [1.29, 1.82) is 0 Å². The van der Waals surface area contributed by atoms with Crippen LogP contribution in [-0.4, -0.2) is 44.0 Å². The topological polar surface area (TPSA) is 66.5 Å². The van der Waals surface area contributed by atoms with Crippen LogP contribution in [0.5, 0.6) is 0 Å². The third kappa shape index (κ3) is 3.48. The molecule has 1 heterocycles. The van der Waals surface area contributed by atoms with Gasteiger partial charge in [-0.15, -0.1) is 0 Å². The predicted molar refractivity (Wildman–Crippen MR) is 83.2 cm³/mol. The zero-order valence-corrected chi connectivity index (χ0v) is 14.2. The van der Waals surface area contributed by atoms with Gasteiger partial charge in [-0.25, -0.2) is 12.7 Å². The SMILES string of the molecule is CC(C)=CC1C(C(=O)NCCN2CCCS2(=O)=O)C1(C)C. The number of allylic oxidation sites excluding steroid dienone is 2. The number of nitrogens with one attached hydrogen (secondary N) is 1. The third-order valence-electron chi connectivity index (χ3n) is 4.57. The second-order valence-corrected chi connectivity index (χ2v) is 9.02. The first-order valence-corrected chi connectivity index (χ1v) is 9.18. The van der Waals surface area contributed by atoms with Crippen LogP contribution in [0.3, 0.4) is 0 Å². The number of carbonyl (C=O) groups is 1. The number of carbonyl (C=O) groups excluding carboxylic acids is 1. The highest BCUT2D eigenvalue weighted by Gasteiger charge is 2.60. The summed E-state index contributed by atoms with van der Waals surface area (Å²) in [6, 6.07) is 0. The molecule has 0 spiro atoms. The molecule has 0 aromatic rings. The molecule has 1 amide bonds. The number of hydrogen-bond donors (Lipinski definition) is 1. The minimum Gasteiger partial charge on any atom is -0.355 e. The maximum absolute atomic E-state index is 12.2. The lowest BCUT2D eigenvalue weighted by Crippen LogP contribution is -2.37. The van der Waals surface area contributed by atoms with E-state index in [4.69, 9.17) is 0 Å². The van der Waals surface area contributed by atoms with E-state index in [0.29, 0.717) is 26.1 Å². The number of amides is 1. The van der Waals surface area contributed by atoms with Gasteiger partial charge in [0, 0.05) is 19.6 Å². The maximum Gasteiger partial charge on any atom is 0.224 e. The van der Waals surface area contributed by atoms with Crippen molar-refractivity contribution >= 4 is 15.9 Å². The molecule has 0 radical (unpaired) electrons. The fourth-order valence-corrected chi connectivity index (χ4v) is 4.73. The lowest BCUT2D eigenvalue weighted by atomic mass is 10.1. The molecule has 1 saturated heterocycles. The van der Waals surface area contributed by atoms with Crippen molar-refractivity contribution in [3.8, 4) is 0 Å². The fraction of sp³-hybridized carbons (Fsp3) is 0.800. The van der Waals surface area contributed by atoms with E-state index in [1.807, 2.05) is 13.8 Å². The monoisotopic (exact) mass is 314 g/mol. The van der Waals surface area contributed by atoms with Gasteiger partial charge >= 0.3 is 0 Å². The van der Waals surface area contributed by atoms with Crippen LogP contribution in [0.25, 0.3) is 0 Å². The zero-order chi connectivity index (χ0) is 15.8. The van der Waals surface area contributed by atoms with Gasteiger partial charge in [0.15, 0.2) is 0 Å². The van der Waals surface area contributed by atoms with Crippen LogP contribution >= 0.6 is 0 Å². The number of sulfonamides is 1. The van der Waals surface area contributed by atoms with Crippen LogP contribution in [0.4, 0.5) is 0 Å². The summed E-state index contributed by atoms with van der Waals surface area (Å²) in [5.74, 6) is 0.568. The Kier molecular flexibility index (Phi) is 4.49. The molecule has 1 aliphatic carbocycles. The Morgan fingerprint density at radius 3 is 2.57 bits per heavy atom. The van der Waals surface area contributed by atoms with Crippen molar-refractivity contribution in [3.05, 3.63) is 11.6 Å². The Morgan fingerprint density at radius 2 is 2.05 bits per heavy atom. The summed E-state index contributed by atoms with van der Waals surface area (Å²) in [6.07, 6.45) is 2.85. The molecule has 0 aromatic heterocycles. The first-order valence-electron chi connectivity index (χ1n) is 7.57. The fourth-order valence-electron chi connectivity index (χ4n) is 3.20. The van der Waals surface area contributed by atoms with Gasteiger partial charge in [0.05, 0.1) is 11.7 Å². The Morgan fingerprint density at radius 1 is 1.38 bits per heavy atom. The minimum atomic E-state index is -3.07. The van der Waals surface area contributed by atoms with E-state index in [1.54, 1.807) is 0 Å². The average Bonchev–Trinajstić information content (AvgIpc) is 2.69. The van der Waals surface area contributed by atoms with Gasteiger partial charge in [0.1, 0.15) is 0 Å².